The summed E-state index contributed by atoms with van der Waals surface area (Å²) in [6.07, 6.45) is 3.10. The van der Waals surface area contributed by atoms with Crippen LogP contribution >= 0.6 is 0 Å². The largest absolute Gasteiger partial charge is 0.303 e. The van der Waals surface area contributed by atoms with Crippen LogP contribution in [-0.4, -0.2) is 6.29 Å². The second kappa shape index (κ2) is 3.33. The first-order valence-electron chi connectivity index (χ1n) is 4.83. The van der Waals surface area contributed by atoms with E-state index in [0.29, 0.717) is 5.92 Å². The van der Waals surface area contributed by atoms with Crippen LogP contribution in [0.4, 0.5) is 0 Å². The third-order valence-corrected chi connectivity index (χ3v) is 3.02. The quantitative estimate of drug-likeness (QED) is 0.597. The molecule has 2 unspecified atom stereocenters. The molecule has 0 heterocycles. The molecule has 0 N–H and O–H groups in total. The van der Waals surface area contributed by atoms with Gasteiger partial charge in [-0.15, -0.1) is 0 Å². The van der Waals surface area contributed by atoms with E-state index in [2.05, 4.69) is 31.2 Å². The van der Waals surface area contributed by atoms with Gasteiger partial charge in [-0.05, 0) is 29.9 Å². The zero-order valence-electron chi connectivity index (χ0n) is 7.86. The average Bonchev–Trinajstić information content (AvgIpc) is 2.17. The number of benzene rings is 1. The smallest absolute Gasteiger partial charge is 0.123 e. The summed E-state index contributed by atoms with van der Waals surface area (Å²) in [4.78, 5) is 10.8. The Labute approximate surface area is 78.8 Å². The molecule has 2 atom stereocenters. The van der Waals surface area contributed by atoms with Crippen molar-refractivity contribution in [3.63, 3.8) is 0 Å². The van der Waals surface area contributed by atoms with Gasteiger partial charge in [-0.1, -0.05) is 31.2 Å². The van der Waals surface area contributed by atoms with Gasteiger partial charge in [-0.3, -0.25) is 0 Å². The average molecular weight is 174 g/mol. The fraction of sp³-hybridized carbons (Fsp3) is 0.417. The van der Waals surface area contributed by atoms with Gasteiger partial charge in [0, 0.05) is 5.92 Å². The highest BCUT2D eigenvalue weighted by Gasteiger charge is 2.23. The number of carbonyl (C=O) groups excluding carboxylic acids is 1. The number of hydrogen-bond acceptors (Lipinski definition) is 1. The Morgan fingerprint density at radius 3 is 2.46 bits per heavy atom. The van der Waals surface area contributed by atoms with Crippen LogP contribution < -0.4 is 0 Å². The molecule has 0 saturated heterocycles. The van der Waals surface area contributed by atoms with Crippen molar-refractivity contribution < 1.29 is 4.79 Å². The summed E-state index contributed by atoms with van der Waals surface area (Å²) < 4.78 is 0. The van der Waals surface area contributed by atoms with Crippen LogP contribution in [0.15, 0.2) is 24.3 Å². The standard InChI is InChI=1S/C12H14O/c1-9-6-10-4-2-3-5-11(10)7-12(9)8-13/h2-5,8-9,12H,6-7H2,1H3. The van der Waals surface area contributed by atoms with Crippen molar-refractivity contribution in [3.05, 3.63) is 35.4 Å². The summed E-state index contributed by atoms with van der Waals surface area (Å²) in [6.45, 7) is 2.16. The summed E-state index contributed by atoms with van der Waals surface area (Å²) in [5.41, 5.74) is 2.78. The first-order valence-corrected chi connectivity index (χ1v) is 4.83. The van der Waals surface area contributed by atoms with Gasteiger partial charge in [0.1, 0.15) is 6.29 Å². The number of fused-ring (bicyclic) bond motifs is 1. The molecule has 0 radical (unpaired) electrons. The van der Waals surface area contributed by atoms with E-state index in [1.54, 1.807) is 0 Å². The molecule has 1 aromatic carbocycles. The molecule has 13 heavy (non-hydrogen) atoms. The van der Waals surface area contributed by atoms with Crippen LogP contribution in [-0.2, 0) is 17.6 Å². The van der Waals surface area contributed by atoms with Gasteiger partial charge in [-0.25, -0.2) is 0 Å². The van der Waals surface area contributed by atoms with Crippen LogP contribution in [0, 0.1) is 11.8 Å². The molecule has 1 aliphatic rings. The fourth-order valence-electron chi connectivity index (χ4n) is 2.09. The Balaban J connectivity index is 2.32. The lowest BCUT2D eigenvalue weighted by Gasteiger charge is -2.26. The van der Waals surface area contributed by atoms with Crippen molar-refractivity contribution >= 4 is 6.29 Å². The number of aldehydes is 1. The molecular weight excluding hydrogens is 160 g/mol. The van der Waals surface area contributed by atoms with Crippen LogP contribution in [0.2, 0.25) is 0 Å². The molecule has 1 aliphatic carbocycles. The molecule has 2 rings (SSSR count). The maximum Gasteiger partial charge on any atom is 0.123 e. The third-order valence-electron chi connectivity index (χ3n) is 3.02. The van der Waals surface area contributed by atoms with E-state index in [-0.39, 0.29) is 5.92 Å². The summed E-state index contributed by atoms with van der Waals surface area (Å²) in [6, 6.07) is 8.44. The minimum Gasteiger partial charge on any atom is -0.303 e. The molecule has 0 fully saturated rings. The van der Waals surface area contributed by atoms with E-state index in [4.69, 9.17) is 0 Å². The maximum absolute atomic E-state index is 10.8. The van der Waals surface area contributed by atoms with E-state index >= 15 is 0 Å². The highest BCUT2D eigenvalue weighted by molar-refractivity contribution is 5.56. The molecule has 0 saturated carbocycles. The van der Waals surface area contributed by atoms with Gasteiger partial charge < -0.3 is 4.79 Å². The Morgan fingerprint density at radius 2 is 1.85 bits per heavy atom. The first kappa shape index (κ1) is 8.49. The Kier molecular flexibility index (Phi) is 2.17. The molecule has 68 valence electrons. The van der Waals surface area contributed by atoms with Gasteiger partial charge in [0.05, 0.1) is 0 Å². The Morgan fingerprint density at radius 1 is 1.23 bits per heavy atom. The van der Waals surface area contributed by atoms with Gasteiger partial charge in [0.15, 0.2) is 0 Å². The van der Waals surface area contributed by atoms with Crippen molar-refractivity contribution in [2.45, 2.75) is 19.8 Å². The van der Waals surface area contributed by atoms with Gasteiger partial charge >= 0.3 is 0 Å². The highest BCUT2D eigenvalue weighted by Crippen LogP contribution is 2.28. The Hall–Kier alpha value is -1.11. The van der Waals surface area contributed by atoms with Gasteiger partial charge in [0.2, 0.25) is 0 Å². The van der Waals surface area contributed by atoms with Crippen LogP contribution in [0.1, 0.15) is 18.1 Å². The SMILES string of the molecule is CC1Cc2ccccc2CC1C=O. The number of carbonyl (C=O) groups is 1. The molecule has 0 amide bonds. The monoisotopic (exact) mass is 174 g/mol. The molecule has 1 nitrogen and oxygen atoms in total. The normalized spacial score (nSPS) is 26.5. The summed E-state index contributed by atoms with van der Waals surface area (Å²) in [7, 11) is 0. The van der Waals surface area contributed by atoms with Crippen molar-refractivity contribution in [1.82, 2.24) is 0 Å². The molecular formula is C12H14O. The topological polar surface area (TPSA) is 17.1 Å². The minimum atomic E-state index is 0.231. The van der Waals surface area contributed by atoms with Gasteiger partial charge in [-0.2, -0.15) is 0 Å². The zero-order chi connectivity index (χ0) is 9.26. The minimum absolute atomic E-state index is 0.231. The van der Waals surface area contributed by atoms with Crippen molar-refractivity contribution in [2.24, 2.45) is 11.8 Å². The summed E-state index contributed by atoms with van der Waals surface area (Å²) >= 11 is 0. The van der Waals surface area contributed by atoms with Crippen LogP contribution in [0.25, 0.3) is 0 Å². The maximum atomic E-state index is 10.8. The molecule has 0 bridgehead atoms. The van der Waals surface area contributed by atoms with Gasteiger partial charge in [0.25, 0.3) is 0 Å². The van der Waals surface area contributed by atoms with Crippen molar-refractivity contribution in [2.75, 3.05) is 0 Å². The summed E-state index contributed by atoms with van der Waals surface area (Å²) in [5, 5.41) is 0. The van der Waals surface area contributed by atoms with E-state index in [9.17, 15) is 4.79 Å². The molecule has 1 aromatic rings. The molecule has 0 aromatic heterocycles. The van der Waals surface area contributed by atoms with E-state index in [1.165, 1.54) is 11.1 Å². The first-order chi connectivity index (χ1) is 6.31. The van der Waals surface area contributed by atoms with E-state index < -0.39 is 0 Å². The van der Waals surface area contributed by atoms with Crippen molar-refractivity contribution in [3.8, 4) is 0 Å². The zero-order valence-corrected chi connectivity index (χ0v) is 7.86. The lowest BCUT2D eigenvalue weighted by atomic mass is 9.78. The summed E-state index contributed by atoms with van der Waals surface area (Å²) in [5.74, 6) is 0.738. The predicted molar refractivity (Wildman–Crippen MR) is 52.6 cm³/mol. The second-order valence-electron chi connectivity index (χ2n) is 3.95. The molecule has 0 aliphatic heterocycles. The fourth-order valence-corrected chi connectivity index (χ4v) is 2.09. The highest BCUT2D eigenvalue weighted by atomic mass is 16.1. The molecule has 1 heteroatoms. The Bertz CT molecular complexity index is 317. The van der Waals surface area contributed by atoms with E-state index in [1.807, 2.05) is 0 Å². The van der Waals surface area contributed by atoms with Crippen molar-refractivity contribution in [1.29, 1.82) is 0 Å². The van der Waals surface area contributed by atoms with E-state index in [0.717, 1.165) is 19.1 Å². The number of rotatable bonds is 1. The van der Waals surface area contributed by atoms with Crippen LogP contribution in [0.3, 0.4) is 0 Å². The number of hydrogen-bond donors (Lipinski definition) is 0. The lowest BCUT2D eigenvalue weighted by Crippen LogP contribution is -2.24. The lowest BCUT2D eigenvalue weighted by molar-refractivity contribution is -0.112. The predicted octanol–water partition coefficient (Wildman–Crippen LogP) is 2.24. The molecule has 0 spiro atoms. The van der Waals surface area contributed by atoms with Crippen LogP contribution in [0.5, 0.6) is 0 Å². The second-order valence-corrected chi connectivity index (χ2v) is 3.95. The third kappa shape index (κ3) is 1.51.